The molecule has 2 aromatic carbocycles. The molecular weight excluding hydrogens is 502 g/mol. The average Bonchev–Trinajstić information content (AvgIpc) is 3.46. The maximum atomic E-state index is 10.3. The molecule has 0 spiro atoms. The van der Waals surface area contributed by atoms with E-state index in [9.17, 15) is 5.11 Å². The summed E-state index contributed by atoms with van der Waals surface area (Å²) in [6.45, 7) is 5.75. The third-order valence-electron chi connectivity index (χ3n) is 8.61. The van der Waals surface area contributed by atoms with Gasteiger partial charge in [-0.1, -0.05) is 17.5 Å². The quantitative estimate of drug-likeness (QED) is 0.492. The Morgan fingerprint density at radius 2 is 2.03 bits per heavy atom. The number of aromatic nitrogens is 2. The molecule has 1 unspecified atom stereocenters. The van der Waals surface area contributed by atoms with Gasteiger partial charge in [0.2, 0.25) is 0 Å². The number of phenols is 1. The van der Waals surface area contributed by atoms with E-state index in [0.717, 1.165) is 56.8 Å². The highest BCUT2D eigenvalue weighted by Crippen LogP contribution is 2.47. The van der Waals surface area contributed by atoms with E-state index in [0.29, 0.717) is 52.2 Å². The summed E-state index contributed by atoms with van der Waals surface area (Å²) in [6, 6.07) is 7.30. The molecule has 196 valence electrons. The molecule has 0 bridgehead atoms. The van der Waals surface area contributed by atoms with Crippen molar-refractivity contribution in [3.63, 3.8) is 0 Å². The summed E-state index contributed by atoms with van der Waals surface area (Å²) in [7, 11) is 0. The Bertz CT molecular complexity index is 1460. The van der Waals surface area contributed by atoms with Crippen LogP contribution in [0.25, 0.3) is 22.0 Å². The number of nitrogens with one attached hydrogen (secondary N) is 1. The normalized spacial score (nSPS) is 21.9. The zero-order chi connectivity index (χ0) is 25.9. The van der Waals surface area contributed by atoms with Crippen molar-refractivity contribution in [3.8, 4) is 41.0 Å². The number of hydrogen-bond donors (Lipinski definition) is 2. The first kappa shape index (κ1) is 23.8. The number of rotatable bonds is 4. The fraction of sp³-hybridized carbons (Fsp3) is 0.448. The predicted molar refractivity (Wildman–Crippen MR) is 147 cm³/mol. The molecule has 4 aliphatic rings. The highest BCUT2D eigenvalue weighted by molar-refractivity contribution is 6.36. The van der Waals surface area contributed by atoms with E-state index in [1.807, 2.05) is 6.07 Å². The smallest absolute Gasteiger partial charge is 0.319 e. The van der Waals surface area contributed by atoms with Gasteiger partial charge in [0, 0.05) is 36.3 Å². The Labute approximate surface area is 226 Å². The highest BCUT2D eigenvalue weighted by Gasteiger charge is 2.45. The molecular formula is C29H30ClN5O3. The van der Waals surface area contributed by atoms with Gasteiger partial charge in [0.25, 0.3) is 0 Å². The minimum absolute atomic E-state index is 0.0900. The lowest BCUT2D eigenvalue weighted by molar-refractivity contribution is 0.108. The van der Waals surface area contributed by atoms with Gasteiger partial charge >= 0.3 is 6.01 Å². The third kappa shape index (κ3) is 3.76. The average molecular weight is 532 g/mol. The molecule has 0 saturated carbocycles. The monoisotopic (exact) mass is 531 g/mol. The Morgan fingerprint density at radius 3 is 2.84 bits per heavy atom. The van der Waals surface area contributed by atoms with Gasteiger partial charge < -0.3 is 24.8 Å². The zero-order valence-corrected chi connectivity index (χ0v) is 21.9. The Kier molecular flexibility index (Phi) is 5.77. The minimum Gasteiger partial charge on any atom is -0.508 e. The molecule has 3 saturated heterocycles. The van der Waals surface area contributed by atoms with Crippen LogP contribution in [0.3, 0.4) is 0 Å². The summed E-state index contributed by atoms with van der Waals surface area (Å²) in [5, 5.41) is 14.9. The van der Waals surface area contributed by atoms with E-state index in [4.69, 9.17) is 37.5 Å². The molecule has 2 N–H and O–H groups in total. The standard InChI is InChI=1S/C29H30ClN5O3/c1-2-18-5-6-20(36)13-21(18)22-14-23-24-26(25(22)30)37-16-19-15-31-9-12-35(19)27(24)33-28(32-23)38-17-29-7-3-10-34(29)11-4-8-29/h1,5-6,13-14,19,31,36H,3-4,7-12,15-17H2. The number of anilines is 1. The first-order valence-electron chi connectivity index (χ1n) is 13.4. The van der Waals surface area contributed by atoms with Crippen LogP contribution >= 0.6 is 11.6 Å². The highest BCUT2D eigenvalue weighted by atomic mass is 35.5. The minimum atomic E-state index is 0.0900. The fourth-order valence-corrected chi connectivity index (χ4v) is 7.02. The first-order chi connectivity index (χ1) is 18.6. The summed E-state index contributed by atoms with van der Waals surface area (Å²) < 4.78 is 12.8. The van der Waals surface area contributed by atoms with Crippen LogP contribution in [0.4, 0.5) is 5.82 Å². The molecule has 9 heteroatoms. The largest absolute Gasteiger partial charge is 0.508 e. The van der Waals surface area contributed by atoms with Crippen LogP contribution < -0.4 is 19.7 Å². The second kappa shape index (κ2) is 9.19. The molecule has 0 amide bonds. The lowest BCUT2D eigenvalue weighted by Gasteiger charge is -2.35. The predicted octanol–water partition coefficient (Wildman–Crippen LogP) is 3.81. The van der Waals surface area contributed by atoms with Gasteiger partial charge in [-0.3, -0.25) is 4.90 Å². The van der Waals surface area contributed by atoms with Crippen molar-refractivity contribution in [2.24, 2.45) is 0 Å². The molecule has 4 aliphatic heterocycles. The fourth-order valence-electron chi connectivity index (χ4n) is 6.71. The molecule has 1 atom stereocenters. The molecule has 3 fully saturated rings. The van der Waals surface area contributed by atoms with Crippen molar-refractivity contribution < 1.29 is 14.6 Å². The summed E-state index contributed by atoms with van der Waals surface area (Å²) in [5.41, 5.74) is 2.70. The third-order valence-corrected chi connectivity index (χ3v) is 8.99. The van der Waals surface area contributed by atoms with E-state index in [2.05, 4.69) is 21.0 Å². The maximum absolute atomic E-state index is 10.3. The topological polar surface area (TPSA) is 83.0 Å². The van der Waals surface area contributed by atoms with Crippen molar-refractivity contribution in [2.75, 3.05) is 50.8 Å². The van der Waals surface area contributed by atoms with Crippen molar-refractivity contribution in [3.05, 3.63) is 34.9 Å². The number of halogens is 1. The lowest BCUT2D eigenvalue weighted by atomic mass is 9.95. The molecule has 5 heterocycles. The van der Waals surface area contributed by atoms with E-state index < -0.39 is 0 Å². The molecule has 8 nitrogen and oxygen atoms in total. The molecule has 0 radical (unpaired) electrons. The Morgan fingerprint density at radius 1 is 1.18 bits per heavy atom. The SMILES string of the molecule is C#Cc1ccc(O)cc1-c1cc2nc(OCC34CCCN3CCC4)nc3c2c(c1Cl)OCC1CNCCN31. The molecule has 0 aliphatic carbocycles. The number of hydrogen-bond acceptors (Lipinski definition) is 8. The van der Waals surface area contributed by atoms with Crippen molar-refractivity contribution in [1.29, 1.82) is 0 Å². The van der Waals surface area contributed by atoms with Crippen LogP contribution in [-0.2, 0) is 0 Å². The summed E-state index contributed by atoms with van der Waals surface area (Å²) in [4.78, 5) is 14.7. The molecule has 7 rings (SSSR count). The summed E-state index contributed by atoms with van der Waals surface area (Å²) >= 11 is 7.02. The zero-order valence-electron chi connectivity index (χ0n) is 21.2. The van der Waals surface area contributed by atoms with E-state index in [-0.39, 0.29) is 17.3 Å². The molecule has 38 heavy (non-hydrogen) atoms. The van der Waals surface area contributed by atoms with Crippen LogP contribution in [0.1, 0.15) is 31.2 Å². The number of benzene rings is 2. The summed E-state index contributed by atoms with van der Waals surface area (Å²) in [5.74, 6) is 4.14. The first-order valence-corrected chi connectivity index (χ1v) is 13.8. The van der Waals surface area contributed by atoms with Crippen LogP contribution in [0.5, 0.6) is 17.5 Å². The van der Waals surface area contributed by atoms with Gasteiger partial charge in [-0.15, -0.1) is 6.42 Å². The van der Waals surface area contributed by atoms with E-state index in [1.54, 1.807) is 18.2 Å². The van der Waals surface area contributed by atoms with Gasteiger partial charge in [0.05, 0.1) is 27.5 Å². The maximum Gasteiger partial charge on any atom is 0.319 e. The van der Waals surface area contributed by atoms with Crippen molar-refractivity contribution >= 4 is 28.3 Å². The van der Waals surface area contributed by atoms with Gasteiger partial charge in [-0.25, -0.2) is 0 Å². The second-order valence-electron chi connectivity index (χ2n) is 10.7. The number of ether oxygens (including phenoxy) is 2. The van der Waals surface area contributed by atoms with Crippen molar-refractivity contribution in [2.45, 2.75) is 37.3 Å². The van der Waals surface area contributed by atoms with Crippen LogP contribution in [0.15, 0.2) is 24.3 Å². The van der Waals surface area contributed by atoms with E-state index >= 15 is 0 Å². The number of piperazine rings is 1. The van der Waals surface area contributed by atoms with Gasteiger partial charge in [0.15, 0.2) is 5.75 Å². The molecule has 3 aromatic rings. The number of nitrogens with zero attached hydrogens (tertiary/aromatic N) is 4. The number of phenolic OH excluding ortho intramolecular Hbond substituents is 1. The number of fused-ring (bicyclic) bond motifs is 3. The van der Waals surface area contributed by atoms with Gasteiger partial charge in [-0.05, 0) is 63.0 Å². The summed E-state index contributed by atoms with van der Waals surface area (Å²) in [6.07, 6.45) is 10.5. The second-order valence-corrected chi connectivity index (χ2v) is 11.1. The van der Waals surface area contributed by atoms with Crippen LogP contribution in [-0.4, -0.2) is 77.5 Å². The van der Waals surface area contributed by atoms with Crippen LogP contribution in [0, 0.1) is 12.3 Å². The lowest BCUT2D eigenvalue weighted by Crippen LogP contribution is -2.53. The van der Waals surface area contributed by atoms with Gasteiger partial charge in [0.1, 0.15) is 24.8 Å². The number of terminal acetylenes is 1. The van der Waals surface area contributed by atoms with Crippen LogP contribution in [0.2, 0.25) is 5.02 Å². The molecule has 1 aromatic heterocycles. The van der Waals surface area contributed by atoms with Gasteiger partial charge in [-0.2, -0.15) is 9.97 Å². The van der Waals surface area contributed by atoms with Crippen molar-refractivity contribution in [1.82, 2.24) is 20.2 Å². The number of aromatic hydroxyl groups is 1. The van der Waals surface area contributed by atoms with E-state index in [1.165, 1.54) is 12.8 Å². The Balaban J connectivity index is 1.39. The Hall–Kier alpha value is -3.25.